The number of nitrogens with zero attached hydrogens (tertiary/aromatic N) is 3. The zero-order valence-corrected chi connectivity index (χ0v) is 9.64. The lowest BCUT2D eigenvalue weighted by Gasteiger charge is -2.07. The lowest BCUT2D eigenvalue weighted by molar-refractivity contribution is 0.0691. The van der Waals surface area contributed by atoms with Gasteiger partial charge in [0.05, 0.1) is 5.69 Å². The van der Waals surface area contributed by atoms with Crippen molar-refractivity contribution < 1.29 is 9.90 Å². The topological polar surface area (TPSA) is 94.0 Å². The molecule has 0 radical (unpaired) electrons. The van der Waals surface area contributed by atoms with Crippen LogP contribution in [0.1, 0.15) is 16.1 Å². The summed E-state index contributed by atoms with van der Waals surface area (Å²) in [5.41, 5.74) is 6.75. The van der Waals surface area contributed by atoms with Crippen LogP contribution in [0.4, 0.5) is 5.82 Å². The van der Waals surface area contributed by atoms with Gasteiger partial charge in [0.1, 0.15) is 0 Å². The van der Waals surface area contributed by atoms with Crippen molar-refractivity contribution in [3.63, 3.8) is 0 Å². The van der Waals surface area contributed by atoms with E-state index < -0.39 is 5.97 Å². The first-order chi connectivity index (χ1) is 8.02. The van der Waals surface area contributed by atoms with Crippen LogP contribution < -0.4 is 5.73 Å². The van der Waals surface area contributed by atoms with E-state index in [4.69, 9.17) is 22.4 Å². The molecule has 0 aliphatic rings. The number of hydrogen-bond donors (Lipinski definition) is 2. The SMILES string of the molecule is Cc1c(Cl)cccc1-n1nnc(C(=O)O)c1N. The third-order valence-corrected chi connectivity index (χ3v) is 2.78. The minimum atomic E-state index is -1.21. The quantitative estimate of drug-likeness (QED) is 0.845. The largest absolute Gasteiger partial charge is 0.476 e. The Morgan fingerprint density at radius 1 is 1.53 bits per heavy atom. The summed E-state index contributed by atoms with van der Waals surface area (Å²) in [5.74, 6) is -1.24. The third-order valence-electron chi connectivity index (χ3n) is 2.37. The molecule has 0 saturated carbocycles. The highest BCUT2D eigenvalue weighted by Gasteiger charge is 2.18. The maximum absolute atomic E-state index is 10.8. The molecule has 0 aliphatic heterocycles. The Balaban J connectivity index is 2.62. The molecule has 1 aromatic heterocycles. The molecule has 6 nitrogen and oxygen atoms in total. The van der Waals surface area contributed by atoms with Crippen molar-refractivity contribution in [2.45, 2.75) is 6.92 Å². The average Bonchev–Trinajstić information content (AvgIpc) is 2.64. The molecule has 2 rings (SSSR count). The van der Waals surface area contributed by atoms with Gasteiger partial charge >= 0.3 is 5.97 Å². The Bertz CT molecular complexity index is 594. The molecule has 0 amide bonds. The van der Waals surface area contributed by atoms with Crippen molar-refractivity contribution >= 4 is 23.4 Å². The second-order valence-electron chi connectivity index (χ2n) is 3.42. The summed E-state index contributed by atoms with van der Waals surface area (Å²) < 4.78 is 1.25. The van der Waals surface area contributed by atoms with Crippen molar-refractivity contribution in [3.8, 4) is 5.69 Å². The van der Waals surface area contributed by atoms with Crippen molar-refractivity contribution in [2.75, 3.05) is 5.73 Å². The van der Waals surface area contributed by atoms with E-state index in [0.29, 0.717) is 10.7 Å². The highest BCUT2D eigenvalue weighted by molar-refractivity contribution is 6.31. The maximum atomic E-state index is 10.8. The number of carboxylic acids is 1. The minimum absolute atomic E-state index is 0.0251. The molecule has 0 bridgehead atoms. The van der Waals surface area contributed by atoms with Crippen LogP contribution in [0.5, 0.6) is 0 Å². The average molecular weight is 253 g/mol. The monoisotopic (exact) mass is 252 g/mol. The number of hydrogen-bond acceptors (Lipinski definition) is 4. The Labute approximate surface area is 102 Å². The normalized spacial score (nSPS) is 10.5. The number of anilines is 1. The van der Waals surface area contributed by atoms with Gasteiger partial charge in [-0.2, -0.15) is 4.68 Å². The number of halogens is 1. The van der Waals surface area contributed by atoms with Gasteiger partial charge in [0.25, 0.3) is 0 Å². The molecule has 2 aromatic rings. The van der Waals surface area contributed by atoms with Crippen molar-refractivity contribution in [2.24, 2.45) is 0 Å². The number of aromatic nitrogens is 3. The van der Waals surface area contributed by atoms with Crippen LogP contribution in [0.15, 0.2) is 18.2 Å². The Kier molecular flexibility index (Phi) is 2.72. The fourth-order valence-electron chi connectivity index (χ4n) is 1.44. The van der Waals surface area contributed by atoms with Gasteiger partial charge in [-0.25, -0.2) is 4.79 Å². The van der Waals surface area contributed by atoms with Crippen LogP contribution in [0.2, 0.25) is 5.02 Å². The summed E-state index contributed by atoms with van der Waals surface area (Å²) in [6.45, 7) is 1.79. The van der Waals surface area contributed by atoms with Crippen LogP contribution in [-0.2, 0) is 0 Å². The predicted molar refractivity (Wildman–Crippen MR) is 62.5 cm³/mol. The van der Waals surface area contributed by atoms with Crippen molar-refractivity contribution in [3.05, 3.63) is 34.5 Å². The van der Waals surface area contributed by atoms with E-state index in [9.17, 15) is 4.79 Å². The van der Waals surface area contributed by atoms with Crippen LogP contribution in [0, 0.1) is 6.92 Å². The van der Waals surface area contributed by atoms with E-state index in [1.54, 1.807) is 25.1 Å². The fourth-order valence-corrected chi connectivity index (χ4v) is 1.61. The summed E-state index contributed by atoms with van der Waals surface area (Å²) in [4.78, 5) is 10.8. The van der Waals surface area contributed by atoms with Gasteiger partial charge in [-0.15, -0.1) is 5.10 Å². The first kappa shape index (κ1) is 11.4. The van der Waals surface area contributed by atoms with Gasteiger partial charge in [-0.1, -0.05) is 22.9 Å². The molecule has 1 aromatic carbocycles. The number of carboxylic acid groups (broad SMARTS) is 1. The van der Waals surface area contributed by atoms with Crippen molar-refractivity contribution in [1.82, 2.24) is 15.0 Å². The van der Waals surface area contributed by atoms with Crippen molar-refractivity contribution in [1.29, 1.82) is 0 Å². The molecule has 0 saturated heterocycles. The summed E-state index contributed by atoms with van der Waals surface area (Å²) in [5, 5.41) is 16.6. The second-order valence-corrected chi connectivity index (χ2v) is 3.83. The molecule has 0 atom stereocenters. The number of benzene rings is 1. The van der Waals surface area contributed by atoms with Gasteiger partial charge < -0.3 is 10.8 Å². The van der Waals surface area contributed by atoms with Crippen LogP contribution in [-0.4, -0.2) is 26.1 Å². The highest BCUT2D eigenvalue weighted by Crippen LogP contribution is 2.24. The lowest BCUT2D eigenvalue weighted by Crippen LogP contribution is -2.07. The zero-order chi connectivity index (χ0) is 12.6. The van der Waals surface area contributed by atoms with E-state index in [-0.39, 0.29) is 11.5 Å². The van der Waals surface area contributed by atoms with E-state index >= 15 is 0 Å². The van der Waals surface area contributed by atoms with Crippen LogP contribution in [0.25, 0.3) is 5.69 Å². The third kappa shape index (κ3) is 1.83. The molecule has 17 heavy (non-hydrogen) atoms. The van der Waals surface area contributed by atoms with E-state index in [2.05, 4.69) is 10.3 Å². The fraction of sp³-hybridized carbons (Fsp3) is 0.100. The van der Waals surface area contributed by atoms with Gasteiger partial charge in [0.2, 0.25) is 5.69 Å². The van der Waals surface area contributed by atoms with E-state index in [1.165, 1.54) is 4.68 Å². The summed E-state index contributed by atoms with van der Waals surface area (Å²) in [7, 11) is 0. The molecule has 88 valence electrons. The molecule has 3 N–H and O–H groups in total. The number of carbonyl (C=O) groups is 1. The molecule has 0 fully saturated rings. The molecule has 7 heteroatoms. The first-order valence-corrected chi connectivity index (χ1v) is 5.10. The maximum Gasteiger partial charge on any atom is 0.360 e. The molecule has 0 aliphatic carbocycles. The number of aromatic carboxylic acids is 1. The van der Waals surface area contributed by atoms with E-state index in [1.807, 2.05) is 0 Å². The van der Waals surface area contributed by atoms with Gasteiger partial charge in [0, 0.05) is 5.02 Å². The molecule has 1 heterocycles. The molecule has 0 unspecified atom stereocenters. The smallest absolute Gasteiger partial charge is 0.360 e. The second kappa shape index (κ2) is 4.06. The summed E-state index contributed by atoms with van der Waals surface area (Å²) >= 11 is 5.97. The predicted octanol–water partition coefficient (Wildman–Crippen LogP) is 1.51. The Morgan fingerprint density at radius 3 is 2.82 bits per heavy atom. The van der Waals surface area contributed by atoms with Crippen LogP contribution >= 0.6 is 11.6 Å². The first-order valence-electron chi connectivity index (χ1n) is 4.72. The Hall–Kier alpha value is -2.08. The van der Waals surface area contributed by atoms with Crippen LogP contribution in [0.3, 0.4) is 0 Å². The summed E-state index contributed by atoms with van der Waals surface area (Å²) in [6.07, 6.45) is 0. The number of rotatable bonds is 2. The molecular weight excluding hydrogens is 244 g/mol. The van der Waals surface area contributed by atoms with Gasteiger partial charge in [-0.05, 0) is 24.6 Å². The standard InChI is InChI=1S/C10H9ClN4O2/c1-5-6(11)3-2-4-7(5)15-9(12)8(10(16)17)13-14-15/h2-4H,12H2,1H3,(H,16,17). The highest BCUT2D eigenvalue weighted by atomic mass is 35.5. The zero-order valence-electron chi connectivity index (χ0n) is 8.88. The molecule has 0 spiro atoms. The lowest BCUT2D eigenvalue weighted by atomic mass is 10.2. The number of nitrogen functional groups attached to an aromatic ring is 1. The Morgan fingerprint density at radius 2 is 2.24 bits per heavy atom. The minimum Gasteiger partial charge on any atom is -0.476 e. The number of nitrogens with two attached hydrogens (primary N) is 1. The van der Waals surface area contributed by atoms with E-state index in [0.717, 1.165) is 5.56 Å². The molecular formula is C10H9ClN4O2. The summed E-state index contributed by atoms with van der Waals surface area (Å²) in [6, 6.07) is 5.19. The van der Waals surface area contributed by atoms with Gasteiger partial charge in [0.15, 0.2) is 5.82 Å². The van der Waals surface area contributed by atoms with Gasteiger partial charge in [-0.3, -0.25) is 0 Å².